The van der Waals surface area contributed by atoms with Crippen LogP contribution in [0.1, 0.15) is 17.0 Å². The van der Waals surface area contributed by atoms with E-state index < -0.39 is 17.2 Å². The van der Waals surface area contributed by atoms with Crippen LogP contribution >= 0.6 is 23.2 Å². The van der Waals surface area contributed by atoms with Gasteiger partial charge in [0.25, 0.3) is 5.56 Å². The molecule has 0 spiro atoms. The fraction of sp³-hybridized carbons (Fsp3) is 0.158. The molecule has 0 saturated carbocycles. The molecule has 0 unspecified atom stereocenters. The lowest BCUT2D eigenvalue weighted by Crippen LogP contribution is -2.24. The van der Waals surface area contributed by atoms with E-state index in [1.165, 1.54) is 10.6 Å². The zero-order valence-corrected chi connectivity index (χ0v) is 16.1. The molecule has 5 nitrogen and oxygen atoms in total. The Morgan fingerprint density at radius 3 is 2.61 bits per heavy atom. The Morgan fingerprint density at radius 2 is 1.93 bits per heavy atom. The summed E-state index contributed by atoms with van der Waals surface area (Å²) in [6.07, 6.45) is 0. The highest BCUT2D eigenvalue weighted by Gasteiger charge is 2.18. The minimum absolute atomic E-state index is 0.0831. The highest BCUT2D eigenvalue weighted by molar-refractivity contribution is 6.32. The number of aromatic nitrogens is 2. The van der Waals surface area contributed by atoms with E-state index in [1.54, 1.807) is 25.1 Å². The van der Waals surface area contributed by atoms with Crippen molar-refractivity contribution >= 4 is 23.2 Å². The first-order valence-corrected chi connectivity index (χ1v) is 8.83. The molecule has 9 heteroatoms. The van der Waals surface area contributed by atoms with Crippen molar-refractivity contribution < 1.29 is 18.6 Å². The van der Waals surface area contributed by atoms with Gasteiger partial charge >= 0.3 is 0 Å². The lowest BCUT2D eigenvalue weighted by Gasteiger charge is -2.15. The normalized spacial score (nSPS) is 10.9. The number of hydrogen-bond acceptors (Lipinski definition) is 4. The maximum absolute atomic E-state index is 13.7. The largest absolute Gasteiger partial charge is 0.471 e. The second kappa shape index (κ2) is 8.26. The molecule has 2 aromatic carbocycles. The van der Waals surface area contributed by atoms with E-state index in [9.17, 15) is 18.7 Å². The van der Waals surface area contributed by atoms with E-state index >= 15 is 0 Å². The topological polar surface area (TPSA) is 64.3 Å². The van der Waals surface area contributed by atoms with Crippen LogP contribution < -0.4 is 10.3 Å². The first kappa shape index (κ1) is 20.3. The minimum atomic E-state index is -0.784. The summed E-state index contributed by atoms with van der Waals surface area (Å²) in [6, 6.07) is 7.76. The SMILES string of the molecule is Cc1nc(OCc2ccc(F)cc2F)c(Cl)c(=O)n1-c1cc(CO)ccc1Cl. The van der Waals surface area contributed by atoms with Gasteiger partial charge in [-0.15, -0.1) is 0 Å². The van der Waals surface area contributed by atoms with Crippen LogP contribution in [0.2, 0.25) is 10.0 Å². The quantitative estimate of drug-likeness (QED) is 0.663. The molecule has 1 N–H and O–H groups in total. The number of rotatable bonds is 5. The number of hydrogen-bond donors (Lipinski definition) is 1. The van der Waals surface area contributed by atoms with E-state index in [0.717, 1.165) is 12.1 Å². The van der Waals surface area contributed by atoms with Crippen molar-refractivity contribution in [3.8, 4) is 11.6 Å². The lowest BCUT2D eigenvalue weighted by atomic mass is 10.2. The number of aryl methyl sites for hydroxylation is 1. The van der Waals surface area contributed by atoms with E-state index in [4.69, 9.17) is 27.9 Å². The summed E-state index contributed by atoms with van der Waals surface area (Å²) < 4.78 is 33.3. The highest BCUT2D eigenvalue weighted by Crippen LogP contribution is 2.25. The molecule has 3 rings (SSSR count). The smallest absolute Gasteiger partial charge is 0.280 e. The fourth-order valence-electron chi connectivity index (χ4n) is 2.57. The Kier molecular flexibility index (Phi) is 5.98. The van der Waals surface area contributed by atoms with Crippen molar-refractivity contribution in [1.29, 1.82) is 0 Å². The van der Waals surface area contributed by atoms with Gasteiger partial charge in [-0.3, -0.25) is 9.36 Å². The van der Waals surface area contributed by atoms with Crippen molar-refractivity contribution in [1.82, 2.24) is 9.55 Å². The van der Waals surface area contributed by atoms with Gasteiger partial charge in [-0.05, 0) is 36.8 Å². The summed E-state index contributed by atoms with van der Waals surface area (Å²) in [4.78, 5) is 16.9. The molecular weight excluding hydrogens is 413 g/mol. The first-order chi connectivity index (χ1) is 13.3. The molecular formula is C19H14Cl2F2N2O3. The summed E-state index contributed by atoms with van der Waals surface area (Å²) in [6.45, 7) is 1.02. The molecule has 1 heterocycles. The number of benzene rings is 2. The van der Waals surface area contributed by atoms with Crippen LogP contribution in [0, 0.1) is 18.6 Å². The van der Waals surface area contributed by atoms with Crippen LogP contribution in [-0.4, -0.2) is 14.7 Å². The van der Waals surface area contributed by atoms with Gasteiger partial charge in [0.15, 0.2) is 5.02 Å². The van der Waals surface area contributed by atoms with Gasteiger partial charge in [0, 0.05) is 11.6 Å². The van der Waals surface area contributed by atoms with E-state index in [0.29, 0.717) is 11.3 Å². The minimum Gasteiger partial charge on any atom is -0.471 e. The van der Waals surface area contributed by atoms with Gasteiger partial charge < -0.3 is 9.84 Å². The van der Waals surface area contributed by atoms with E-state index in [-0.39, 0.29) is 40.5 Å². The second-order valence-electron chi connectivity index (χ2n) is 5.89. The summed E-state index contributed by atoms with van der Waals surface area (Å²) >= 11 is 12.3. The number of nitrogens with zero attached hydrogens (tertiary/aromatic N) is 2. The molecule has 1 aromatic heterocycles. The predicted octanol–water partition coefficient (Wildman–Crippen LogP) is 4.20. The monoisotopic (exact) mass is 426 g/mol. The summed E-state index contributed by atoms with van der Waals surface area (Å²) in [5.41, 5.74) is 0.302. The zero-order chi connectivity index (χ0) is 20.4. The van der Waals surface area contributed by atoms with Crippen LogP contribution in [0.3, 0.4) is 0 Å². The van der Waals surface area contributed by atoms with E-state index in [1.807, 2.05) is 0 Å². The van der Waals surface area contributed by atoms with Crippen LogP contribution in [0.5, 0.6) is 5.88 Å². The molecule has 0 atom stereocenters. The molecule has 0 fully saturated rings. The average molecular weight is 427 g/mol. The Morgan fingerprint density at radius 1 is 1.18 bits per heavy atom. The Hall–Kier alpha value is -2.48. The maximum atomic E-state index is 13.7. The molecule has 0 aliphatic heterocycles. The van der Waals surface area contributed by atoms with Gasteiger partial charge in [0.1, 0.15) is 24.1 Å². The molecule has 0 amide bonds. The third-order valence-electron chi connectivity index (χ3n) is 3.98. The summed E-state index contributed by atoms with van der Waals surface area (Å²) in [5, 5.41) is 9.25. The Balaban J connectivity index is 1.98. The second-order valence-corrected chi connectivity index (χ2v) is 6.67. The van der Waals surface area contributed by atoms with Gasteiger partial charge in [-0.25, -0.2) is 8.78 Å². The van der Waals surface area contributed by atoms with Crippen molar-refractivity contribution in [3.63, 3.8) is 0 Å². The van der Waals surface area contributed by atoms with Crippen molar-refractivity contribution in [2.75, 3.05) is 0 Å². The fourth-order valence-corrected chi connectivity index (χ4v) is 2.96. The van der Waals surface area contributed by atoms with Gasteiger partial charge in [0.05, 0.1) is 17.3 Å². The number of halogens is 4. The maximum Gasteiger partial charge on any atom is 0.280 e. The predicted molar refractivity (Wildman–Crippen MR) is 101 cm³/mol. The van der Waals surface area contributed by atoms with Crippen LogP contribution in [0.15, 0.2) is 41.2 Å². The molecule has 0 aliphatic rings. The van der Waals surface area contributed by atoms with Gasteiger partial charge in [-0.1, -0.05) is 29.3 Å². The molecule has 28 heavy (non-hydrogen) atoms. The Labute approximate surface area is 168 Å². The van der Waals surface area contributed by atoms with E-state index in [2.05, 4.69) is 4.98 Å². The first-order valence-electron chi connectivity index (χ1n) is 8.07. The number of aliphatic hydroxyl groups is 1. The van der Waals surface area contributed by atoms with Gasteiger partial charge in [0.2, 0.25) is 5.88 Å². The van der Waals surface area contributed by atoms with Crippen LogP contribution in [0.25, 0.3) is 5.69 Å². The summed E-state index contributed by atoms with van der Waals surface area (Å²) in [5.74, 6) is -1.45. The number of aliphatic hydroxyl groups excluding tert-OH is 1. The van der Waals surface area contributed by atoms with Crippen LogP contribution in [0.4, 0.5) is 8.78 Å². The standard InChI is InChI=1S/C19H14Cl2F2N2O3/c1-10-24-18(28-9-12-3-4-13(22)7-15(12)23)17(21)19(27)25(10)16-6-11(8-26)2-5-14(16)20/h2-7,26H,8-9H2,1H3. The highest BCUT2D eigenvalue weighted by atomic mass is 35.5. The average Bonchev–Trinajstić information content (AvgIpc) is 2.66. The third kappa shape index (κ3) is 4.01. The molecule has 0 radical (unpaired) electrons. The van der Waals surface area contributed by atoms with Crippen molar-refractivity contribution in [2.24, 2.45) is 0 Å². The van der Waals surface area contributed by atoms with Gasteiger partial charge in [-0.2, -0.15) is 4.98 Å². The van der Waals surface area contributed by atoms with Crippen molar-refractivity contribution in [2.45, 2.75) is 20.1 Å². The number of ether oxygens (including phenoxy) is 1. The third-order valence-corrected chi connectivity index (χ3v) is 4.62. The summed E-state index contributed by atoms with van der Waals surface area (Å²) in [7, 11) is 0. The molecule has 0 aliphatic carbocycles. The zero-order valence-electron chi connectivity index (χ0n) is 14.5. The molecule has 0 bridgehead atoms. The lowest BCUT2D eigenvalue weighted by molar-refractivity contribution is 0.281. The molecule has 146 valence electrons. The molecule has 0 saturated heterocycles. The molecule has 3 aromatic rings. The van der Waals surface area contributed by atoms with Crippen LogP contribution in [-0.2, 0) is 13.2 Å². The van der Waals surface area contributed by atoms with Crippen molar-refractivity contribution in [3.05, 3.63) is 85.4 Å². The Bertz CT molecular complexity index is 1100.